The number of aryl methyl sites for hydroxylation is 1. The molecule has 3 heterocycles. The average Bonchev–Trinajstić information content (AvgIpc) is 3.16. The van der Waals surface area contributed by atoms with Crippen molar-refractivity contribution in [3.63, 3.8) is 0 Å². The van der Waals surface area contributed by atoms with Gasteiger partial charge in [0, 0.05) is 39.4 Å². The minimum absolute atomic E-state index is 0.0200. The molecule has 6 heteroatoms. The summed E-state index contributed by atoms with van der Waals surface area (Å²) in [6.07, 6.45) is 7.01. The van der Waals surface area contributed by atoms with Gasteiger partial charge in [0.05, 0.1) is 10.4 Å². The number of aromatic nitrogens is 1. The van der Waals surface area contributed by atoms with Crippen molar-refractivity contribution in [2.45, 2.75) is 32.1 Å². The second kappa shape index (κ2) is 5.80. The van der Waals surface area contributed by atoms with Gasteiger partial charge < -0.3 is 14.4 Å². The fraction of sp³-hybridized carbons (Fsp3) is 0.667. The van der Waals surface area contributed by atoms with E-state index in [1.54, 1.807) is 16.8 Å². The lowest BCUT2D eigenvalue weighted by molar-refractivity contribution is -0.145. The summed E-state index contributed by atoms with van der Waals surface area (Å²) in [4.78, 5) is 29.8. The molecule has 3 fully saturated rings. The van der Waals surface area contributed by atoms with Crippen molar-refractivity contribution >= 4 is 23.4 Å². The van der Waals surface area contributed by atoms with Crippen LogP contribution < -0.4 is 0 Å². The number of carbonyl (C=O) groups is 2. The molecule has 2 amide bonds. The number of hydrogen-bond donors (Lipinski definition) is 0. The topological polar surface area (TPSA) is 45.6 Å². The number of piperidine rings is 1. The van der Waals surface area contributed by atoms with E-state index in [9.17, 15) is 9.59 Å². The molecule has 130 valence electrons. The molecule has 0 aromatic carbocycles. The van der Waals surface area contributed by atoms with Gasteiger partial charge >= 0.3 is 0 Å². The Balaban J connectivity index is 1.49. The highest BCUT2D eigenvalue weighted by Gasteiger charge is 2.50. The van der Waals surface area contributed by atoms with E-state index in [2.05, 4.69) is 4.90 Å². The maximum Gasteiger partial charge on any atom is 0.270 e. The molecule has 1 aromatic rings. The molecule has 2 aliphatic heterocycles. The number of halogens is 1. The van der Waals surface area contributed by atoms with E-state index in [1.807, 2.05) is 11.9 Å². The number of nitrogens with zero attached hydrogens (tertiary/aromatic N) is 3. The van der Waals surface area contributed by atoms with Gasteiger partial charge in [-0.25, -0.2) is 0 Å². The minimum Gasteiger partial charge on any atom is -0.345 e. The summed E-state index contributed by atoms with van der Waals surface area (Å²) >= 11 is 6.00. The summed E-state index contributed by atoms with van der Waals surface area (Å²) in [5.41, 5.74) is 0.243. The zero-order valence-electron chi connectivity index (χ0n) is 14.1. The third-order valence-corrected chi connectivity index (χ3v) is 6.04. The van der Waals surface area contributed by atoms with Crippen LogP contribution in [0.15, 0.2) is 12.3 Å². The van der Waals surface area contributed by atoms with Crippen LogP contribution in [0.2, 0.25) is 5.02 Å². The molecule has 0 unspecified atom stereocenters. The van der Waals surface area contributed by atoms with Gasteiger partial charge in [0.2, 0.25) is 5.91 Å². The average molecular weight is 350 g/mol. The Bertz CT molecular complexity index is 682. The normalized spacial score (nSPS) is 27.3. The van der Waals surface area contributed by atoms with E-state index in [0.29, 0.717) is 29.7 Å². The van der Waals surface area contributed by atoms with Gasteiger partial charge in [-0.3, -0.25) is 9.59 Å². The predicted molar refractivity (Wildman–Crippen MR) is 91.9 cm³/mol. The van der Waals surface area contributed by atoms with Crippen molar-refractivity contribution in [1.82, 2.24) is 14.4 Å². The molecule has 0 N–H and O–H groups in total. The van der Waals surface area contributed by atoms with Gasteiger partial charge in [0.15, 0.2) is 0 Å². The summed E-state index contributed by atoms with van der Waals surface area (Å²) in [6, 6.07) is 1.71. The lowest BCUT2D eigenvalue weighted by Crippen LogP contribution is -2.51. The fourth-order valence-corrected chi connectivity index (χ4v) is 4.51. The van der Waals surface area contributed by atoms with Crippen molar-refractivity contribution in [2.75, 3.05) is 26.2 Å². The summed E-state index contributed by atoms with van der Waals surface area (Å²) in [6.45, 7) is 3.01. The van der Waals surface area contributed by atoms with E-state index < -0.39 is 0 Å². The van der Waals surface area contributed by atoms with Gasteiger partial charge in [0.25, 0.3) is 5.91 Å². The smallest absolute Gasteiger partial charge is 0.270 e. The van der Waals surface area contributed by atoms with E-state index >= 15 is 0 Å². The fourth-order valence-electron chi connectivity index (χ4n) is 4.26. The summed E-state index contributed by atoms with van der Waals surface area (Å²) in [7, 11) is 1.83. The van der Waals surface area contributed by atoms with E-state index in [0.717, 1.165) is 32.4 Å². The summed E-state index contributed by atoms with van der Waals surface area (Å²) in [5, 5.41) is 0.569. The highest BCUT2D eigenvalue weighted by Crippen LogP contribution is 2.42. The van der Waals surface area contributed by atoms with Gasteiger partial charge in [0.1, 0.15) is 5.69 Å². The molecular formula is C18H24ClN3O2. The molecular weight excluding hydrogens is 326 g/mol. The molecule has 1 aliphatic carbocycles. The zero-order valence-corrected chi connectivity index (χ0v) is 14.9. The van der Waals surface area contributed by atoms with Gasteiger partial charge in [-0.15, -0.1) is 0 Å². The first-order valence-electron chi connectivity index (χ1n) is 8.89. The van der Waals surface area contributed by atoms with Gasteiger partial charge in [-0.05, 0) is 44.1 Å². The molecule has 3 aliphatic rings. The van der Waals surface area contributed by atoms with Crippen LogP contribution in [-0.4, -0.2) is 52.4 Å². The number of amides is 2. The van der Waals surface area contributed by atoms with Gasteiger partial charge in [-0.2, -0.15) is 0 Å². The van der Waals surface area contributed by atoms with Crippen LogP contribution in [0.25, 0.3) is 0 Å². The highest BCUT2D eigenvalue weighted by atomic mass is 35.5. The van der Waals surface area contributed by atoms with E-state index in [-0.39, 0.29) is 17.2 Å². The maximum atomic E-state index is 13.1. The van der Waals surface area contributed by atoms with Crippen LogP contribution in [0, 0.1) is 11.3 Å². The molecule has 2 saturated heterocycles. The number of hydrogen-bond acceptors (Lipinski definition) is 2. The van der Waals surface area contributed by atoms with Crippen LogP contribution in [0.3, 0.4) is 0 Å². The third kappa shape index (κ3) is 2.73. The number of carbonyl (C=O) groups excluding carboxylic acids is 2. The van der Waals surface area contributed by atoms with Gasteiger partial charge in [-0.1, -0.05) is 11.6 Å². The lowest BCUT2D eigenvalue weighted by Gasteiger charge is -2.39. The van der Waals surface area contributed by atoms with Crippen LogP contribution >= 0.6 is 11.6 Å². The minimum atomic E-state index is -0.349. The SMILES string of the molecule is Cn1cc(Cl)cc1C(=O)N1CC[C@@]2(CCCN(CC3CC3)C2=O)C1. The number of rotatable bonds is 3. The van der Waals surface area contributed by atoms with E-state index in [1.165, 1.54) is 12.8 Å². The largest absolute Gasteiger partial charge is 0.345 e. The number of likely N-dealkylation sites (tertiary alicyclic amines) is 2. The van der Waals surface area contributed by atoms with Crippen LogP contribution in [0.1, 0.15) is 42.6 Å². The predicted octanol–water partition coefficient (Wildman–Crippen LogP) is 2.54. The van der Waals surface area contributed by atoms with Crippen LogP contribution in [0.5, 0.6) is 0 Å². The molecule has 0 radical (unpaired) electrons. The second-order valence-electron chi connectivity index (χ2n) is 7.71. The van der Waals surface area contributed by atoms with Crippen molar-refractivity contribution in [3.05, 3.63) is 23.0 Å². The maximum absolute atomic E-state index is 13.1. The molecule has 5 nitrogen and oxygen atoms in total. The first kappa shape index (κ1) is 16.0. The Hall–Kier alpha value is -1.49. The molecule has 4 rings (SSSR count). The van der Waals surface area contributed by atoms with Crippen molar-refractivity contribution in [3.8, 4) is 0 Å². The van der Waals surface area contributed by atoms with Crippen LogP contribution in [0.4, 0.5) is 0 Å². The quantitative estimate of drug-likeness (QED) is 0.841. The molecule has 0 bridgehead atoms. The standard InChI is InChI=1S/C18H24ClN3O2/c1-20-11-14(19)9-15(20)16(23)22-8-6-18(12-22)5-2-7-21(17(18)24)10-13-3-4-13/h9,11,13H,2-8,10,12H2,1H3/t18-/m0/s1. The Kier molecular flexibility index (Phi) is 3.87. The van der Waals surface area contributed by atoms with Crippen molar-refractivity contribution < 1.29 is 9.59 Å². The molecule has 1 saturated carbocycles. The Morgan fingerprint density at radius 2 is 2.12 bits per heavy atom. The first-order valence-corrected chi connectivity index (χ1v) is 9.27. The monoisotopic (exact) mass is 349 g/mol. The van der Waals surface area contributed by atoms with E-state index in [4.69, 9.17) is 11.6 Å². The van der Waals surface area contributed by atoms with Crippen molar-refractivity contribution in [2.24, 2.45) is 18.4 Å². The lowest BCUT2D eigenvalue weighted by atomic mass is 9.78. The molecule has 1 atom stereocenters. The summed E-state index contributed by atoms with van der Waals surface area (Å²) < 4.78 is 1.76. The van der Waals surface area contributed by atoms with Crippen molar-refractivity contribution in [1.29, 1.82) is 0 Å². The second-order valence-corrected chi connectivity index (χ2v) is 8.15. The Labute approximate surface area is 147 Å². The van der Waals surface area contributed by atoms with Crippen LogP contribution in [-0.2, 0) is 11.8 Å². The Morgan fingerprint density at radius 1 is 1.33 bits per heavy atom. The molecule has 1 aromatic heterocycles. The zero-order chi connectivity index (χ0) is 16.9. The molecule has 24 heavy (non-hydrogen) atoms. The summed E-state index contributed by atoms with van der Waals surface area (Å²) in [5.74, 6) is 0.975. The molecule has 1 spiro atoms. The Morgan fingerprint density at radius 3 is 2.79 bits per heavy atom. The third-order valence-electron chi connectivity index (χ3n) is 5.83. The highest BCUT2D eigenvalue weighted by molar-refractivity contribution is 6.31. The first-order chi connectivity index (χ1) is 11.5.